The van der Waals surface area contributed by atoms with Crippen molar-refractivity contribution < 1.29 is 14.6 Å². The summed E-state index contributed by atoms with van der Waals surface area (Å²) < 4.78 is 12.9. The molecule has 0 aromatic heterocycles. The van der Waals surface area contributed by atoms with Crippen molar-refractivity contribution >= 4 is 0 Å². The molecular weight excluding hydrogens is 195 g/mol. The SMILES string of the molecule is CCC(CO)(CO)Cc1cccc(F)c1. The van der Waals surface area contributed by atoms with E-state index in [-0.39, 0.29) is 19.0 Å². The van der Waals surface area contributed by atoms with E-state index in [1.165, 1.54) is 12.1 Å². The standard InChI is InChI=1S/C12H17FO2/c1-2-12(8-14,9-15)7-10-4-3-5-11(13)6-10/h3-6,14-15H,2,7-9H2,1H3. The van der Waals surface area contributed by atoms with Gasteiger partial charge in [-0.25, -0.2) is 4.39 Å². The molecule has 0 spiro atoms. The monoisotopic (exact) mass is 212 g/mol. The minimum atomic E-state index is -0.534. The molecule has 0 fully saturated rings. The highest BCUT2D eigenvalue weighted by Crippen LogP contribution is 2.26. The van der Waals surface area contributed by atoms with Gasteiger partial charge in [-0.05, 0) is 30.5 Å². The Morgan fingerprint density at radius 2 is 1.93 bits per heavy atom. The summed E-state index contributed by atoms with van der Waals surface area (Å²) >= 11 is 0. The van der Waals surface area contributed by atoms with Gasteiger partial charge < -0.3 is 10.2 Å². The molecule has 15 heavy (non-hydrogen) atoms. The molecule has 3 heteroatoms. The summed E-state index contributed by atoms with van der Waals surface area (Å²) in [5.74, 6) is -0.284. The van der Waals surface area contributed by atoms with Crippen molar-refractivity contribution in [2.75, 3.05) is 13.2 Å². The fraction of sp³-hybridized carbons (Fsp3) is 0.500. The maximum absolute atomic E-state index is 12.9. The van der Waals surface area contributed by atoms with Gasteiger partial charge in [-0.1, -0.05) is 19.1 Å². The molecule has 0 heterocycles. The lowest BCUT2D eigenvalue weighted by Gasteiger charge is -2.28. The highest BCUT2D eigenvalue weighted by Gasteiger charge is 2.26. The number of hydrogen-bond acceptors (Lipinski definition) is 2. The zero-order valence-corrected chi connectivity index (χ0v) is 8.91. The molecule has 0 unspecified atom stereocenters. The van der Waals surface area contributed by atoms with Gasteiger partial charge in [-0.3, -0.25) is 0 Å². The lowest BCUT2D eigenvalue weighted by molar-refractivity contribution is 0.0513. The van der Waals surface area contributed by atoms with E-state index in [9.17, 15) is 14.6 Å². The average molecular weight is 212 g/mol. The molecular formula is C12H17FO2. The minimum Gasteiger partial charge on any atom is -0.396 e. The topological polar surface area (TPSA) is 40.5 Å². The number of benzene rings is 1. The molecule has 0 amide bonds. The fourth-order valence-electron chi connectivity index (χ4n) is 1.59. The van der Waals surface area contributed by atoms with E-state index in [0.717, 1.165) is 5.56 Å². The van der Waals surface area contributed by atoms with Crippen molar-refractivity contribution in [2.24, 2.45) is 5.41 Å². The number of hydrogen-bond donors (Lipinski definition) is 2. The number of aliphatic hydroxyl groups excluding tert-OH is 2. The maximum Gasteiger partial charge on any atom is 0.123 e. The summed E-state index contributed by atoms with van der Waals surface area (Å²) in [6.07, 6.45) is 1.16. The van der Waals surface area contributed by atoms with Crippen LogP contribution in [0.4, 0.5) is 4.39 Å². The third-order valence-corrected chi connectivity index (χ3v) is 2.89. The quantitative estimate of drug-likeness (QED) is 0.780. The predicted molar refractivity (Wildman–Crippen MR) is 57.0 cm³/mol. The first-order chi connectivity index (χ1) is 7.15. The summed E-state index contributed by atoms with van der Waals surface area (Å²) in [7, 11) is 0. The Labute approximate surface area is 89.4 Å². The fourth-order valence-corrected chi connectivity index (χ4v) is 1.59. The van der Waals surface area contributed by atoms with Gasteiger partial charge in [0.25, 0.3) is 0 Å². The van der Waals surface area contributed by atoms with E-state index in [1.54, 1.807) is 12.1 Å². The molecule has 0 atom stereocenters. The molecule has 1 aromatic carbocycles. The van der Waals surface area contributed by atoms with Crippen LogP contribution in [0.5, 0.6) is 0 Å². The molecule has 2 nitrogen and oxygen atoms in total. The second-order valence-electron chi connectivity index (χ2n) is 3.98. The predicted octanol–water partition coefficient (Wildman–Crippen LogP) is 1.75. The maximum atomic E-state index is 12.9. The Bertz CT molecular complexity index is 300. The molecule has 2 N–H and O–H groups in total. The Kier molecular flexibility index (Phi) is 4.24. The van der Waals surface area contributed by atoms with Gasteiger partial charge in [0.15, 0.2) is 0 Å². The van der Waals surface area contributed by atoms with E-state index in [1.807, 2.05) is 6.92 Å². The van der Waals surface area contributed by atoms with Gasteiger partial charge in [-0.15, -0.1) is 0 Å². The third-order valence-electron chi connectivity index (χ3n) is 2.89. The van der Waals surface area contributed by atoms with Crippen LogP contribution in [0, 0.1) is 11.2 Å². The van der Waals surface area contributed by atoms with Crippen molar-refractivity contribution in [3.05, 3.63) is 35.6 Å². The van der Waals surface area contributed by atoms with E-state index in [2.05, 4.69) is 0 Å². The summed E-state index contributed by atoms with van der Waals surface area (Å²) in [6.45, 7) is 1.73. The summed E-state index contributed by atoms with van der Waals surface area (Å²) in [4.78, 5) is 0. The second-order valence-corrected chi connectivity index (χ2v) is 3.98. The Morgan fingerprint density at radius 3 is 2.40 bits per heavy atom. The van der Waals surface area contributed by atoms with Crippen LogP contribution in [0.15, 0.2) is 24.3 Å². The molecule has 1 rings (SSSR count). The number of aliphatic hydroxyl groups is 2. The van der Waals surface area contributed by atoms with Gasteiger partial charge in [0.05, 0.1) is 13.2 Å². The van der Waals surface area contributed by atoms with Crippen molar-refractivity contribution in [2.45, 2.75) is 19.8 Å². The molecule has 0 aliphatic heterocycles. The number of rotatable bonds is 5. The molecule has 0 aliphatic carbocycles. The first-order valence-corrected chi connectivity index (χ1v) is 5.12. The molecule has 0 bridgehead atoms. The van der Waals surface area contributed by atoms with E-state index in [4.69, 9.17) is 0 Å². The van der Waals surface area contributed by atoms with Crippen LogP contribution >= 0.6 is 0 Å². The first-order valence-electron chi connectivity index (χ1n) is 5.12. The zero-order valence-electron chi connectivity index (χ0n) is 8.91. The van der Waals surface area contributed by atoms with Crippen LogP contribution < -0.4 is 0 Å². The van der Waals surface area contributed by atoms with Crippen LogP contribution in [0.3, 0.4) is 0 Å². The van der Waals surface area contributed by atoms with Gasteiger partial charge in [0.1, 0.15) is 5.82 Å². The number of halogens is 1. The molecule has 1 aromatic rings. The highest BCUT2D eigenvalue weighted by molar-refractivity contribution is 5.18. The van der Waals surface area contributed by atoms with Crippen molar-refractivity contribution in [1.29, 1.82) is 0 Å². The third kappa shape index (κ3) is 3.01. The summed E-state index contributed by atoms with van der Waals surface area (Å²) in [5, 5.41) is 18.5. The largest absolute Gasteiger partial charge is 0.396 e. The van der Waals surface area contributed by atoms with Crippen LogP contribution in [0.1, 0.15) is 18.9 Å². The normalized spacial score (nSPS) is 11.7. The van der Waals surface area contributed by atoms with Crippen molar-refractivity contribution in [3.63, 3.8) is 0 Å². The van der Waals surface area contributed by atoms with Crippen LogP contribution in [-0.2, 0) is 6.42 Å². The van der Waals surface area contributed by atoms with Crippen LogP contribution in [0.2, 0.25) is 0 Å². The highest BCUT2D eigenvalue weighted by atomic mass is 19.1. The van der Waals surface area contributed by atoms with Gasteiger partial charge in [0.2, 0.25) is 0 Å². The Morgan fingerprint density at radius 1 is 1.27 bits per heavy atom. The Balaban J connectivity index is 2.82. The van der Waals surface area contributed by atoms with E-state index in [0.29, 0.717) is 12.8 Å². The van der Waals surface area contributed by atoms with E-state index >= 15 is 0 Å². The lowest BCUT2D eigenvalue weighted by Crippen LogP contribution is -2.31. The zero-order chi connectivity index (χ0) is 11.3. The van der Waals surface area contributed by atoms with Crippen LogP contribution in [-0.4, -0.2) is 23.4 Å². The van der Waals surface area contributed by atoms with Crippen molar-refractivity contribution in [3.8, 4) is 0 Å². The summed E-state index contributed by atoms with van der Waals surface area (Å²) in [6, 6.07) is 6.27. The first kappa shape index (κ1) is 12.1. The van der Waals surface area contributed by atoms with E-state index < -0.39 is 5.41 Å². The molecule has 0 saturated carbocycles. The molecule has 84 valence electrons. The van der Waals surface area contributed by atoms with Crippen LogP contribution in [0.25, 0.3) is 0 Å². The van der Waals surface area contributed by atoms with Gasteiger partial charge in [-0.2, -0.15) is 0 Å². The summed E-state index contributed by atoms with van der Waals surface area (Å²) in [5.41, 5.74) is 0.272. The second kappa shape index (κ2) is 5.24. The molecule has 0 aliphatic rings. The average Bonchev–Trinajstić information content (AvgIpc) is 2.26. The Hall–Kier alpha value is -0.930. The van der Waals surface area contributed by atoms with Crippen molar-refractivity contribution in [1.82, 2.24) is 0 Å². The van der Waals surface area contributed by atoms with Gasteiger partial charge in [0, 0.05) is 5.41 Å². The lowest BCUT2D eigenvalue weighted by atomic mass is 9.81. The smallest absolute Gasteiger partial charge is 0.123 e. The van der Waals surface area contributed by atoms with Gasteiger partial charge >= 0.3 is 0 Å². The molecule has 0 radical (unpaired) electrons. The minimum absolute atomic E-state index is 0.0868. The molecule has 0 saturated heterocycles.